The van der Waals surface area contributed by atoms with E-state index >= 15 is 0 Å². The Labute approximate surface area is 127 Å². The fraction of sp³-hybridized carbons (Fsp3) is 0.733. The number of hydrogen-bond acceptors (Lipinski definition) is 4. The molecule has 21 heavy (non-hydrogen) atoms. The van der Waals surface area contributed by atoms with Crippen molar-refractivity contribution in [1.29, 1.82) is 0 Å². The smallest absolute Gasteiger partial charge is 0.219 e. The monoisotopic (exact) mass is 295 g/mol. The molecule has 1 heterocycles. The minimum absolute atomic E-state index is 0.0926. The van der Waals surface area contributed by atoms with Gasteiger partial charge in [-0.05, 0) is 18.9 Å². The molecule has 2 N–H and O–H groups in total. The summed E-state index contributed by atoms with van der Waals surface area (Å²) in [6, 6.07) is 0. The Kier molecular flexibility index (Phi) is 6.68. The molecule has 0 aliphatic heterocycles. The lowest BCUT2D eigenvalue weighted by Gasteiger charge is -2.16. The summed E-state index contributed by atoms with van der Waals surface area (Å²) in [4.78, 5) is 13.3. The molecule has 0 saturated carbocycles. The van der Waals surface area contributed by atoms with Crippen molar-refractivity contribution in [2.45, 2.75) is 39.2 Å². The number of hydrogen-bond donors (Lipinski definition) is 2. The molecular weight excluding hydrogens is 266 g/mol. The number of carbonyl (C=O) groups excluding carboxylic acids is 1. The quantitative estimate of drug-likeness (QED) is 0.708. The van der Waals surface area contributed by atoms with E-state index in [1.807, 2.05) is 25.8 Å². The van der Waals surface area contributed by atoms with Gasteiger partial charge >= 0.3 is 0 Å². The fourth-order valence-electron chi connectivity index (χ4n) is 2.48. The predicted octanol–water partition coefficient (Wildman–Crippen LogP) is 1.23. The number of nitrogens with one attached hydrogen (secondary N) is 2. The van der Waals surface area contributed by atoms with Gasteiger partial charge in [-0.2, -0.15) is 5.10 Å². The van der Waals surface area contributed by atoms with Crippen LogP contribution in [0.2, 0.25) is 0 Å². The first-order chi connectivity index (χ1) is 9.88. The van der Waals surface area contributed by atoms with Gasteiger partial charge in [0.25, 0.3) is 0 Å². The van der Waals surface area contributed by atoms with E-state index < -0.39 is 0 Å². The van der Waals surface area contributed by atoms with E-state index in [1.54, 1.807) is 7.05 Å². The van der Waals surface area contributed by atoms with Crippen molar-refractivity contribution in [3.05, 3.63) is 11.3 Å². The Morgan fingerprint density at radius 2 is 2.05 bits per heavy atom. The van der Waals surface area contributed by atoms with Gasteiger partial charge in [0.2, 0.25) is 5.91 Å². The van der Waals surface area contributed by atoms with E-state index in [9.17, 15) is 4.79 Å². The fourth-order valence-corrected chi connectivity index (χ4v) is 2.48. The molecule has 0 aromatic carbocycles. The van der Waals surface area contributed by atoms with Crippen molar-refractivity contribution in [2.75, 3.05) is 32.6 Å². The summed E-state index contributed by atoms with van der Waals surface area (Å²) in [6.07, 6.45) is 1.41. The molecule has 1 rings (SSSR count). The zero-order chi connectivity index (χ0) is 16.0. The maximum absolute atomic E-state index is 11.2. The molecule has 0 aliphatic rings. The van der Waals surface area contributed by atoms with Crippen LogP contribution in [0.25, 0.3) is 0 Å². The molecule has 120 valence electrons. The lowest BCUT2D eigenvalue weighted by atomic mass is 10.1. The van der Waals surface area contributed by atoms with Crippen LogP contribution in [-0.2, 0) is 18.4 Å². The van der Waals surface area contributed by atoms with Crippen LogP contribution >= 0.6 is 0 Å². The molecule has 1 aromatic heterocycles. The first-order valence-electron chi connectivity index (χ1n) is 7.52. The van der Waals surface area contributed by atoms with Gasteiger partial charge in [0.1, 0.15) is 5.82 Å². The van der Waals surface area contributed by atoms with Crippen LogP contribution in [0.3, 0.4) is 0 Å². The topological polar surface area (TPSA) is 62.2 Å². The number of aromatic nitrogens is 2. The number of rotatable bonds is 8. The Hall–Kier alpha value is -1.56. The summed E-state index contributed by atoms with van der Waals surface area (Å²) in [5.74, 6) is 1.63. The third kappa shape index (κ3) is 4.74. The van der Waals surface area contributed by atoms with Crippen LogP contribution in [0.15, 0.2) is 0 Å². The molecule has 0 radical (unpaired) electrons. The van der Waals surface area contributed by atoms with Crippen molar-refractivity contribution in [1.82, 2.24) is 20.4 Å². The zero-order valence-electron chi connectivity index (χ0n) is 14.2. The van der Waals surface area contributed by atoms with Gasteiger partial charge in [0, 0.05) is 46.7 Å². The number of carbonyl (C=O) groups is 1. The molecule has 6 heteroatoms. The summed E-state index contributed by atoms with van der Waals surface area (Å²) in [5, 5.41) is 10.7. The van der Waals surface area contributed by atoms with Gasteiger partial charge < -0.3 is 15.5 Å². The van der Waals surface area contributed by atoms with Crippen LogP contribution in [-0.4, -0.2) is 43.4 Å². The summed E-state index contributed by atoms with van der Waals surface area (Å²) >= 11 is 0. The van der Waals surface area contributed by atoms with Gasteiger partial charge in [0.05, 0.1) is 5.69 Å². The van der Waals surface area contributed by atoms with Gasteiger partial charge in [-0.3, -0.25) is 9.48 Å². The average Bonchev–Trinajstić information content (AvgIpc) is 2.75. The Morgan fingerprint density at radius 1 is 1.38 bits per heavy atom. The van der Waals surface area contributed by atoms with E-state index in [0.29, 0.717) is 12.3 Å². The molecule has 0 atom stereocenters. The van der Waals surface area contributed by atoms with E-state index in [4.69, 9.17) is 0 Å². The number of amides is 1. The maximum Gasteiger partial charge on any atom is 0.219 e. The summed E-state index contributed by atoms with van der Waals surface area (Å²) < 4.78 is 1.94. The van der Waals surface area contributed by atoms with Gasteiger partial charge in [-0.25, -0.2) is 0 Å². The van der Waals surface area contributed by atoms with Crippen LogP contribution in [0, 0.1) is 0 Å². The molecule has 1 amide bonds. The molecular formula is C15H29N5O. The summed E-state index contributed by atoms with van der Waals surface area (Å²) in [7, 11) is 7.73. The number of anilines is 1. The zero-order valence-corrected chi connectivity index (χ0v) is 14.2. The predicted molar refractivity (Wildman–Crippen MR) is 86.6 cm³/mol. The normalized spacial score (nSPS) is 11.0. The highest BCUT2D eigenvalue weighted by atomic mass is 16.1. The molecule has 0 saturated heterocycles. The molecule has 0 fully saturated rings. The molecule has 0 unspecified atom stereocenters. The second kappa shape index (κ2) is 8.02. The maximum atomic E-state index is 11.2. The van der Waals surface area contributed by atoms with Crippen LogP contribution < -0.4 is 15.5 Å². The summed E-state index contributed by atoms with van der Waals surface area (Å²) in [5.41, 5.74) is 2.39. The van der Waals surface area contributed by atoms with Crippen LogP contribution in [0.5, 0.6) is 0 Å². The van der Waals surface area contributed by atoms with Crippen molar-refractivity contribution in [3.63, 3.8) is 0 Å². The van der Waals surface area contributed by atoms with E-state index in [-0.39, 0.29) is 5.91 Å². The Bertz CT molecular complexity index is 465. The second-order valence-electron chi connectivity index (χ2n) is 5.81. The number of aryl methyl sites for hydroxylation is 1. The van der Waals surface area contributed by atoms with Crippen LogP contribution in [0.4, 0.5) is 5.82 Å². The molecule has 0 spiro atoms. The minimum atomic E-state index is 0.0926. The highest BCUT2D eigenvalue weighted by Crippen LogP contribution is 2.26. The standard InChI is InChI=1S/C15H29N5O/c1-11(2)14-12(15(19(4)5)20(6)18-14)10-17-9-7-8-13(21)16-3/h11,17H,7-10H2,1-6H3,(H,16,21). The van der Waals surface area contributed by atoms with E-state index in [1.165, 1.54) is 5.56 Å². The summed E-state index contributed by atoms with van der Waals surface area (Å²) in [6.45, 7) is 5.93. The molecule has 0 bridgehead atoms. The SMILES string of the molecule is CNC(=O)CCCNCc1c(C(C)C)nn(C)c1N(C)C. The molecule has 0 aliphatic carbocycles. The number of nitrogens with zero attached hydrogens (tertiary/aromatic N) is 3. The van der Waals surface area contributed by atoms with Crippen molar-refractivity contribution in [3.8, 4) is 0 Å². The van der Waals surface area contributed by atoms with Crippen molar-refractivity contribution >= 4 is 11.7 Å². The van der Waals surface area contributed by atoms with Crippen molar-refractivity contribution in [2.24, 2.45) is 7.05 Å². The average molecular weight is 295 g/mol. The Balaban J connectivity index is 2.66. The van der Waals surface area contributed by atoms with Crippen molar-refractivity contribution < 1.29 is 4.79 Å². The van der Waals surface area contributed by atoms with Gasteiger partial charge in [0.15, 0.2) is 0 Å². The highest BCUT2D eigenvalue weighted by molar-refractivity contribution is 5.75. The minimum Gasteiger partial charge on any atom is -0.363 e. The highest BCUT2D eigenvalue weighted by Gasteiger charge is 2.19. The van der Waals surface area contributed by atoms with Gasteiger partial charge in [-0.15, -0.1) is 0 Å². The second-order valence-corrected chi connectivity index (χ2v) is 5.81. The first kappa shape index (κ1) is 17.5. The Morgan fingerprint density at radius 3 is 2.57 bits per heavy atom. The van der Waals surface area contributed by atoms with Crippen LogP contribution in [0.1, 0.15) is 43.9 Å². The largest absolute Gasteiger partial charge is 0.363 e. The lowest BCUT2D eigenvalue weighted by molar-refractivity contribution is -0.120. The molecule has 1 aromatic rings. The van der Waals surface area contributed by atoms with E-state index in [0.717, 1.165) is 31.0 Å². The third-order valence-electron chi connectivity index (χ3n) is 3.45. The first-order valence-corrected chi connectivity index (χ1v) is 7.52. The van der Waals surface area contributed by atoms with E-state index in [2.05, 4.69) is 34.5 Å². The lowest BCUT2D eigenvalue weighted by Crippen LogP contribution is -2.22. The molecule has 6 nitrogen and oxygen atoms in total. The third-order valence-corrected chi connectivity index (χ3v) is 3.45. The van der Waals surface area contributed by atoms with Gasteiger partial charge in [-0.1, -0.05) is 13.8 Å².